The molecule has 0 radical (unpaired) electrons. The van der Waals surface area contributed by atoms with Crippen LogP contribution in [0.1, 0.15) is 33.1 Å². The zero-order valence-electron chi connectivity index (χ0n) is 8.71. The third-order valence-corrected chi connectivity index (χ3v) is 3.57. The topological polar surface area (TPSA) is 12.0 Å². The minimum absolute atomic E-state index is 0. The monoisotopic (exact) mass is 223 g/mol. The number of thioether (sulfide) groups is 1. The number of rotatable bonds is 4. The van der Waals surface area contributed by atoms with Crippen molar-refractivity contribution in [3.05, 3.63) is 0 Å². The highest BCUT2D eigenvalue weighted by molar-refractivity contribution is 7.99. The molecule has 0 spiro atoms. The third kappa shape index (κ3) is 6.64. The second kappa shape index (κ2) is 7.95. The van der Waals surface area contributed by atoms with Gasteiger partial charge in [-0.05, 0) is 49.3 Å². The summed E-state index contributed by atoms with van der Waals surface area (Å²) in [5, 5.41) is 4.22. The predicted molar refractivity (Wildman–Crippen MR) is 65.1 cm³/mol. The van der Waals surface area contributed by atoms with E-state index in [4.69, 9.17) is 0 Å². The molecule has 1 rings (SSSR count). The fourth-order valence-electron chi connectivity index (χ4n) is 1.64. The van der Waals surface area contributed by atoms with Gasteiger partial charge in [0.1, 0.15) is 0 Å². The molecule has 1 N–H and O–H groups in total. The Balaban J connectivity index is 0.00000144. The van der Waals surface area contributed by atoms with Gasteiger partial charge in [-0.25, -0.2) is 0 Å². The summed E-state index contributed by atoms with van der Waals surface area (Å²) >= 11 is 2.10. The molecule has 1 aliphatic heterocycles. The van der Waals surface area contributed by atoms with E-state index in [0.29, 0.717) is 0 Å². The first-order valence-electron chi connectivity index (χ1n) is 5.11. The van der Waals surface area contributed by atoms with E-state index in [1.807, 2.05) is 0 Å². The fourth-order valence-corrected chi connectivity index (χ4v) is 2.58. The number of nitrogens with one attached hydrogen (secondary N) is 1. The Hall–Kier alpha value is 0.600. The van der Waals surface area contributed by atoms with Gasteiger partial charge in [0.2, 0.25) is 0 Å². The molecule has 1 aliphatic rings. The summed E-state index contributed by atoms with van der Waals surface area (Å²) in [7, 11) is 0. The first-order chi connectivity index (χ1) is 5.79. The molecule has 0 aliphatic carbocycles. The Labute approximate surface area is 92.8 Å². The molecule has 0 bridgehead atoms. The average molecular weight is 224 g/mol. The van der Waals surface area contributed by atoms with Gasteiger partial charge >= 0.3 is 0 Å². The predicted octanol–water partition coefficient (Wildman–Crippen LogP) is 2.94. The highest BCUT2D eigenvalue weighted by Crippen LogP contribution is 2.20. The van der Waals surface area contributed by atoms with E-state index >= 15 is 0 Å². The molecule has 0 aromatic heterocycles. The van der Waals surface area contributed by atoms with Gasteiger partial charge in [-0.1, -0.05) is 13.8 Å². The van der Waals surface area contributed by atoms with Crippen molar-refractivity contribution in [2.75, 3.05) is 18.8 Å². The zero-order valence-corrected chi connectivity index (χ0v) is 10.3. The quantitative estimate of drug-likeness (QED) is 0.787. The molecule has 1 nitrogen and oxygen atoms in total. The Morgan fingerprint density at radius 2 is 1.92 bits per heavy atom. The maximum absolute atomic E-state index is 3.41. The number of piperidine rings is 1. The standard InChI is InChI=1S/C10H21NS.ClH/c1-9(2)12-8-5-10-3-6-11-7-4-10;/h9-11H,3-8H2,1-2H3;1H. The number of halogens is 1. The highest BCUT2D eigenvalue weighted by atomic mass is 35.5. The Bertz CT molecular complexity index is 113. The lowest BCUT2D eigenvalue weighted by atomic mass is 9.96. The molecule has 0 atom stereocenters. The van der Waals surface area contributed by atoms with Crippen LogP contribution < -0.4 is 5.32 Å². The molecular weight excluding hydrogens is 202 g/mol. The summed E-state index contributed by atoms with van der Waals surface area (Å²) < 4.78 is 0. The van der Waals surface area contributed by atoms with Crippen LogP contribution in [-0.4, -0.2) is 24.1 Å². The molecule has 13 heavy (non-hydrogen) atoms. The molecule has 0 aromatic rings. The maximum Gasteiger partial charge on any atom is -0.000968 e. The molecule has 0 amide bonds. The van der Waals surface area contributed by atoms with E-state index in [0.717, 1.165) is 11.2 Å². The summed E-state index contributed by atoms with van der Waals surface area (Å²) in [6, 6.07) is 0. The summed E-state index contributed by atoms with van der Waals surface area (Å²) in [6.07, 6.45) is 4.24. The van der Waals surface area contributed by atoms with E-state index in [9.17, 15) is 0 Å². The smallest absolute Gasteiger partial charge is 0.000968 e. The van der Waals surface area contributed by atoms with Gasteiger partial charge < -0.3 is 5.32 Å². The van der Waals surface area contributed by atoms with Crippen molar-refractivity contribution < 1.29 is 0 Å². The van der Waals surface area contributed by atoms with Crippen LogP contribution in [0.5, 0.6) is 0 Å². The van der Waals surface area contributed by atoms with Gasteiger partial charge in [-0.15, -0.1) is 12.4 Å². The fraction of sp³-hybridized carbons (Fsp3) is 1.00. The molecule has 1 saturated heterocycles. The van der Waals surface area contributed by atoms with Gasteiger partial charge in [-0.3, -0.25) is 0 Å². The minimum Gasteiger partial charge on any atom is -0.317 e. The molecule has 1 fully saturated rings. The molecule has 1 heterocycles. The zero-order chi connectivity index (χ0) is 8.81. The van der Waals surface area contributed by atoms with E-state index in [2.05, 4.69) is 30.9 Å². The van der Waals surface area contributed by atoms with Crippen LogP contribution in [0.25, 0.3) is 0 Å². The van der Waals surface area contributed by atoms with Gasteiger partial charge in [0.25, 0.3) is 0 Å². The number of hydrogen-bond acceptors (Lipinski definition) is 2. The Kier molecular flexibility index (Phi) is 8.32. The Morgan fingerprint density at radius 3 is 2.46 bits per heavy atom. The van der Waals surface area contributed by atoms with Gasteiger partial charge in [0.15, 0.2) is 0 Å². The van der Waals surface area contributed by atoms with Crippen LogP contribution in [0, 0.1) is 5.92 Å². The van der Waals surface area contributed by atoms with E-state index in [1.54, 1.807) is 0 Å². The summed E-state index contributed by atoms with van der Waals surface area (Å²) in [6.45, 7) is 7.06. The van der Waals surface area contributed by atoms with E-state index in [-0.39, 0.29) is 12.4 Å². The van der Waals surface area contributed by atoms with Crippen molar-refractivity contribution in [3.63, 3.8) is 0 Å². The summed E-state index contributed by atoms with van der Waals surface area (Å²) in [4.78, 5) is 0. The van der Waals surface area contributed by atoms with Gasteiger partial charge in [0, 0.05) is 0 Å². The lowest BCUT2D eigenvalue weighted by Crippen LogP contribution is -2.27. The lowest BCUT2D eigenvalue weighted by Gasteiger charge is -2.22. The van der Waals surface area contributed by atoms with Crippen LogP contribution in [-0.2, 0) is 0 Å². The van der Waals surface area contributed by atoms with Crippen molar-refractivity contribution in [3.8, 4) is 0 Å². The van der Waals surface area contributed by atoms with Crippen molar-refractivity contribution in [1.29, 1.82) is 0 Å². The number of hydrogen-bond donors (Lipinski definition) is 1. The van der Waals surface area contributed by atoms with Crippen molar-refractivity contribution >= 4 is 24.2 Å². The second-order valence-corrected chi connectivity index (χ2v) is 5.59. The summed E-state index contributed by atoms with van der Waals surface area (Å²) in [5.74, 6) is 2.38. The maximum atomic E-state index is 3.41. The Morgan fingerprint density at radius 1 is 1.31 bits per heavy atom. The summed E-state index contributed by atoms with van der Waals surface area (Å²) in [5.41, 5.74) is 0. The van der Waals surface area contributed by atoms with E-state index in [1.165, 1.54) is 38.1 Å². The molecule has 80 valence electrons. The van der Waals surface area contributed by atoms with E-state index < -0.39 is 0 Å². The van der Waals surface area contributed by atoms with Gasteiger partial charge in [0.05, 0.1) is 0 Å². The van der Waals surface area contributed by atoms with Crippen molar-refractivity contribution in [2.24, 2.45) is 5.92 Å². The molecule has 0 saturated carbocycles. The first kappa shape index (κ1) is 13.6. The average Bonchev–Trinajstić information content (AvgIpc) is 2.05. The molecule has 0 unspecified atom stereocenters. The van der Waals surface area contributed by atoms with Crippen molar-refractivity contribution in [2.45, 2.75) is 38.4 Å². The largest absolute Gasteiger partial charge is 0.317 e. The van der Waals surface area contributed by atoms with Crippen LogP contribution >= 0.6 is 24.2 Å². The minimum atomic E-state index is 0. The molecular formula is C10H22ClNS. The SMILES string of the molecule is CC(C)SCCC1CCNCC1.Cl. The first-order valence-corrected chi connectivity index (χ1v) is 6.16. The van der Waals surface area contributed by atoms with Crippen LogP contribution in [0.4, 0.5) is 0 Å². The normalized spacial score (nSPS) is 18.7. The highest BCUT2D eigenvalue weighted by Gasteiger charge is 2.12. The van der Waals surface area contributed by atoms with Crippen LogP contribution in [0.3, 0.4) is 0 Å². The third-order valence-electron chi connectivity index (χ3n) is 2.44. The molecule has 0 aromatic carbocycles. The van der Waals surface area contributed by atoms with Gasteiger partial charge in [-0.2, -0.15) is 11.8 Å². The lowest BCUT2D eigenvalue weighted by molar-refractivity contribution is 0.367. The van der Waals surface area contributed by atoms with Crippen molar-refractivity contribution in [1.82, 2.24) is 5.32 Å². The molecule has 3 heteroatoms. The van der Waals surface area contributed by atoms with Crippen LogP contribution in [0.15, 0.2) is 0 Å². The second-order valence-electron chi connectivity index (χ2n) is 3.90. The van der Waals surface area contributed by atoms with Crippen LogP contribution in [0.2, 0.25) is 0 Å².